The maximum Gasteiger partial charge on any atom is 0.115 e. The summed E-state index contributed by atoms with van der Waals surface area (Å²) in [5.74, 6) is 1.67. The number of unbranched alkanes of at least 4 members (excludes halogenated alkanes) is 2. The topological polar surface area (TPSA) is 20.2 Å². The average Bonchev–Trinajstić information content (AvgIpc) is 2.24. The highest BCUT2D eigenvalue weighted by Crippen LogP contribution is 2.07. The molecule has 0 saturated heterocycles. The molecule has 0 aliphatic rings. The van der Waals surface area contributed by atoms with Crippen LogP contribution in [0.4, 0.5) is 0 Å². The van der Waals surface area contributed by atoms with Crippen LogP contribution in [-0.2, 0) is 0 Å². The van der Waals surface area contributed by atoms with Crippen LogP contribution in [0.25, 0.3) is 0 Å². The van der Waals surface area contributed by atoms with E-state index in [-0.39, 0.29) is 0 Å². The number of phenolic OH excluding ortho intramolecular Hbond substituents is 1. The summed E-state index contributed by atoms with van der Waals surface area (Å²) in [5.41, 5.74) is 1.17. The van der Waals surface area contributed by atoms with Gasteiger partial charge in [-0.05, 0) is 37.5 Å². The van der Waals surface area contributed by atoms with Crippen LogP contribution in [0.5, 0.6) is 5.75 Å². The van der Waals surface area contributed by atoms with E-state index in [4.69, 9.17) is 5.11 Å². The van der Waals surface area contributed by atoms with Gasteiger partial charge in [-0.3, -0.25) is 0 Å². The Morgan fingerprint density at radius 1 is 1.13 bits per heavy atom. The zero-order valence-corrected chi connectivity index (χ0v) is 10.8. The molecule has 0 heterocycles. The second kappa shape index (κ2) is 9.91. The van der Waals surface area contributed by atoms with Crippen LogP contribution in [0.2, 0.25) is 0 Å². The van der Waals surface area contributed by atoms with Crippen LogP contribution in [-0.4, -0.2) is 17.1 Å². The van der Waals surface area contributed by atoms with Crippen molar-refractivity contribution in [2.45, 2.75) is 33.1 Å². The van der Waals surface area contributed by atoms with E-state index in [0.29, 0.717) is 5.75 Å². The first-order chi connectivity index (χ1) is 7.20. The summed E-state index contributed by atoms with van der Waals surface area (Å²) in [7, 11) is 0. The van der Waals surface area contributed by atoms with Crippen molar-refractivity contribution in [3.05, 3.63) is 29.8 Å². The lowest BCUT2D eigenvalue weighted by molar-refractivity contribution is 0.475. The number of aryl methyl sites for hydroxylation is 1. The molecular formula is C13H22OS. The van der Waals surface area contributed by atoms with Gasteiger partial charge < -0.3 is 5.11 Å². The van der Waals surface area contributed by atoms with Gasteiger partial charge in [0.15, 0.2) is 0 Å². The molecule has 0 fully saturated rings. The molecule has 0 aliphatic carbocycles. The SMILES string of the molecule is CCCCCSC.Cc1ccc(O)cc1. The molecule has 1 rings (SSSR count). The lowest BCUT2D eigenvalue weighted by Crippen LogP contribution is -1.75. The lowest BCUT2D eigenvalue weighted by atomic mass is 10.2. The van der Waals surface area contributed by atoms with Gasteiger partial charge in [0.05, 0.1) is 0 Å². The van der Waals surface area contributed by atoms with E-state index in [9.17, 15) is 0 Å². The zero-order chi connectivity index (χ0) is 11.5. The largest absolute Gasteiger partial charge is 0.508 e. The Hall–Kier alpha value is -0.630. The first-order valence-electron chi connectivity index (χ1n) is 5.45. The monoisotopic (exact) mass is 226 g/mol. The Bertz CT molecular complexity index is 206. The third-order valence-electron chi connectivity index (χ3n) is 1.99. The van der Waals surface area contributed by atoms with Gasteiger partial charge in [-0.2, -0.15) is 11.8 Å². The van der Waals surface area contributed by atoms with Crippen LogP contribution in [0.3, 0.4) is 0 Å². The normalized spacial score (nSPS) is 9.27. The van der Waals surface area contributed by atoms with Crippen molar-refractivity contribution in [3.8, 4) is 5.75 Å². The van der Waals surface area contributed by atoms with Gasteiger partial charge in [0.25, 0.3) is 0 Å². The Morgan fingerprint density at radius 2 is 1.73 bits per heavy atom. The average molecular weight is 226 g/mol. The minimum atomic E-state index is 0.329. The fourth-order valence-electron chi connectivity index (χ4n) is 1.04. The van der Waals surface area contributed by atoms with Crippen LogP contribution < -0.4 is 0 Å². The zero-order valence-electron chi connectivity index (χ0n) is 9.99. The first-order valence-corrected chi connectivity index (χ1v) is 6.84. The Morgan fingerprint density at radius 3 is 2.13 bits per heavy atom. The molecule has 2 heteroatoms. The van der Waals surface area contributed by atoms with Crippen molar-refractivity contribution in [2.24, 2.45) is 0 Å². The number of thioether (sulfide) groups is 1. The number of rotatable bonds is 4. The lowest BCUT2D eigenvalue weighted by Gasteiger charge is -1.90. The highest BCUT2D eigenvalue weighted by Gasteiger charge is 1.82. The number of aromatic hydroxyl groups is 1. The molecule has 1 N–H and O–H groups in total. The predicted molar refractivity (Wildman–Crippen MR) is 70.8 cm³/mol. The number of hydrogen-bond acceptors (Lipinski definition) is 2. The molecule has 1 aromatic rings. The van der Waals surface area contributed by atoms with Crippen LogP contribution in [0, 0.1) is 6.92 Å². The van der Waals surface area contributed by atoms with Crippen molar-refractivity contribution in [3.63, 3.8) is 0 Å². The van der Waals surface area contributed by atoms with Crippen molar-refractivity contribution < 1.29 is 5.11 Å². The van der Waals surface area contributed by atoms with Gasteiger partial charge in [-0.15, -0.1) is 0 Å². The van der Waals surface area contributed by atoms with Gasteiger partial charge in [-0.25, -0.2) is 0 Å². The van der Waals surface area contributed by atoms with E-state index in [1.54, 1.807) is 12.1 Å². The molecule has 0 amide bonds. The minimum Gasteiger partial charge on any atom is -0.508 e. The van der Waals surface area contributed by atoms with E-state index < -0.39 is 0 Å². The van der Waals surface area contributed by atoms with Crippen molar-refractivity contribution in [1.29, 1.82) is 0 Å². The van der Waals surface area contributed by atoms with E-state index in [2.05, 4.69) is 13.2 Å². The minimum absolute atomic E-state index is 0.329. The molecule has 0 unspecified atom stereocenters. The van der Waals surface area contributed by atoms with Crippen molar-refractivity contribution >= 4 is 11.8 Å². The van der Waals surface area contributed by atoms with E-state index in [0.717, 1.165) is 0 Å². The third kappa shape index (κ3) is 9.67. The fraction of sp³-hybridized carbons (Fsp3) is 0.538. The van der Waals surface area contributed by atoms with Crippen molar-refractivity contribution in [1.82, 2.24) is 0 Å². The summed E-state index contributed by atoms with van der Waals surface area (Å²) in [6.45, 7) is 4.22. The summed E-state index contributed by atoms with van der Waals surface area (Å²) in [4.78, 5) is 0. The highest BCUT2D eigenvalue weighted by molar-refractivity contribution is 7.98. The van der Waals surface area contributed by atoms with Gasteiger partial charge in [0, 0.05) is 0 Å². The summed E-state index contributed by atoms with van der Waals surface area (Å²) in [5, 5.41) is 8.76. The summed E-state index contributed by atoms with van der Waals surface area (Å²) in [6, 6.07) is 7.09. The Balaban J connectivity index is 0.000000265. The van der Waals surface area contributed by atoms with Gasteiger partial charge in [-0.1, -0.05) is 37.5 Å². The molecule has 1 aromatic carbocycles. The van der Waals surface area contributed by atoms with Crippen LogP contribution in [0.1, 0.15) is 31.7 Å². The highest BCUT2D eigenvalue weighted by atomic mass is 32.2. The first kappa shape index (κ1) is 14.4. The molecule has 15 heavy (non-hydrogen) atoms. The van der Waals surface area contributed by atoms with Crippen molar-refractivity contribution in [2.75, 3.05) is 12.0 Å². The molecular weight excluding hydrogens is 204 g/mol. The number of hydrogen-bond donors (Lipinski definition) is 1. The molecule has 1 nitrogen and oxygen atoms in total. The van der Waals surface area contributed by atoms with E-state index >= 15 is 0 Å². The second-order valence-electron chi connectivity index (χ2n) is 3.54. The molecule has 0 saturated carbocycles. The Kier molecular flexibility index (Phi) is 9.49. The van der Waals surface area contributed by atoms with E-state index in [1.165, 1.54) is 30.6 Å². The third-order valence-corrected chi connectivity index (χ3v) is 2.68. The maximum absolute atomic E-state index is 8.76. The number of phenols is 1. The van der Waals surface area contributed by atoms with Gasteiger partial charge >= 0.3 is 0 Å². The Labute approximate surface area is 97.9 Å². The predicted octanol–water partition coefficient (Wildman–Crippen LogP) is 4.24. The van der Waals surface area contributed by atoms with Crippen LogP contribution >= 0.6 is 11.8 Å². The molecule has 0 radical (unpaired) electrons. The fourth-order valence-corrected chi connectivity index (χ4v) is 1.53. The molecule has 0 aromatic heterocycles. The quantitative estimate of drug-likeness (QED) is 0.775. The molecule has 0 bridgehead atoms. The smallest absolute Gasteiger partial charge is 0.115 e. The number of benzene rings is 1. The summed E-state index contributed by atoms with van der Waals surface area (Å²) in [6.07, 6.45) is 6.31. The summed E-state index contributed by atoms with van der Waals surface area (Å²) >= 11 is 1.94. The summed E-state index contributed by atoms with van der Waals surface area (Å²) < 4.78 is 0. The molecule has 0 spiro atoms. The van der Waals surface area contributed by atoms with E-state index in [1.807, 2.05) is 30.8 Å². The standard InChI is InChI=1S/C7H8O.C6H14S/c1-6-2-4-7(8)5-3-6;1-3-4-5-6-7-2/h2-5,8H,1H3;3-6H2,1-2H3. The molecule has 0 atom stereocenters. The maximum atomic E-state index is 8.76. The second-order valence-corrected chi connectivity index (χ2v) is 4.52. The molecule has 86 valence electrons. The molecule has 0 aliphatic heterocycles. The van der Waals surface area contributed by atoms with Gasteiger partial charge in [0.1, 0.15) is 5.75 Å². The van der Waals surface area contributed by atoms with Crippen LogP contribution in [0.15, 0.2) is 24.3 Å². The van der Waals surface area contributed by atoms with Gasteiger partial charge in [0.2, 0.25) is 0 Å².